The van der Waals surface area contributed by atoms with Gasteiger partial charge >= 0.3 is 0 Å². The molecule has 1 heterocycles. The van der Waals surface area contributed by atoms with Crippen LogP contribution in [0.25, 0.3) is 0 Å². The van der Waals surface area contributed by atoms with Crippen molar-refractivity contribution in [2.45, 2.75) is 37.1 Å². The second-order valence-corrected chi connectivity index (χ2v) is 8.65. The third-order valence-electron chi connectivity index (χ3n) is 4.98. The molecule has 0 aliphatic heterocycles. The lowest BCUT2D eigenvalue weighted by Crippen LogP contribution is -2.33. The Morgan fingerprint density at radius 3 is 2.66 bits per heavy atom. The fourth-order valence-corrected chi connectivity index (χ4v) is 4.37. The first kappa shape index (κ1) is 22.2. The van der Waals surface area contributed by atoms with Crippen LogP contribution in [0.5, 0.6) is 5.75 Å². The SMILES string of the molecule is N#CCCN(C(=O)CSc1nnc(COc2ccccc2Cl)n1C1CC1)c1ccccc1. The molecule has 2 aromatic carbocycles. The third kappa shape index (κ3) is 5.42. The van der Waals surface area contributed by atoms with Gasteiger partial charge < -0.3 is 9.64 Å². The van der Waals surface area contributed by atoms with Crippen LogP contribution in [0.3, 0.4) is 0 Å². The molecule has 1 fully saturated rings. The van der Waals surface area contributed by atoms with E-state index in [2.05, 4.69) is 20.8 Å². The number of aromatic nitrogens is 3. The largest absolute Gasteiger partial charge is 0.484 e. The third-order valence-corrected chi connectivity index (χ3v) is 6.22. The van der Waals surface area contributed by atoms with E-state index in [4.69, 9.17) is 21.6 Å². The molecule has 1 aliphatic rings. The first-order valence-electron chi connectivity index (χ1n) is 10.3. The molecule has 1 aliphatic carbocycles. The lowest BCUT2D eigenvalue weighted by Gasteiger charge is -2.21. The van der Waals surface area contributed by atoms with Crippen molar-refractivity contribution in [1.82, 2.24) is 14.8 Å². The number of para-hydroxylation sites is 2. The van der Waals surface area contributed by atoms with Gasteiger partial charge in [0.05, 0.1) is 23.3 Å². The predicted molar refractivity (Wildman–Crippen MR) is 124 cm³/mol. The van der Waals surface area contributed by atoms with Crippen LogP contribution in [0.4, 0.5) is 5.69 Å². The van der Waals surface area contributed by atoms with Crippen molar-refractivity contribution in [2.24, 2.45) is 0 Å². The van der Waals surface area contributed by atoms with Gasteiger partial charge in [-0.05, 0) is 37.1 Å². The Kier molecular flexibility index (Phi) is 7.30. The van der Waals surface area contributed by atoms with Crippen molar-refractivity contribution in [2.75, 3.05) is 17.2 Å². The summed E-state index contributed by atoms with van der Waals surface area (Å²) in [5, 5.41) is 18.8. The number of carbonyl (C=O) groups is 1. The number of hydrogen-bond acceptors (Lipinski definition) is 6. The van der Waals surface area contributed by atoms with Crippen molar-refractivity contribution >= 4 is 35.0 Å². The molecule has 0 atom stereocenters. The van der Waals surface area contributed by atoms with E-state index in [1.54, 1.807) is 11.0 Å². The van der Waals surface area contributed by atoms with Crippen LogP contribution in [-0.2, 0) is 11.4 Å². The van der Waals surface area contributed by atoms with Gasteiger partial charge in [0.2, 0.25) is 5.91 Å². The zero-order chi connectivity index (χ0) is 22.3. The molecule has 164 valence electrons. The zero-order valence-electron chi connectivity index (χ0n) is 17.4. The first-order valence-corrected chi connectivity index (χ1v) is 11.7. The van der Waals surface area contributed by atoms with Gasteiger partial charge in [-0.3, -0.25) is 9.36 Å². The molecule has 0 bridgehead atoms. The molecular weight excluding hydrogens is 446 g/mol. The molecular formula is C23H22ClN5O2S. The van der Waals surface area contributed by atoms with Crippen LogP contribution in [0.1, 0.15) is 31.1 Å². The number of rotatable bonds is 10. The summed E-state index contributed by atoms with van der Waals surface area (Å²) in [6, 6.07) is 19.2. The summed E-state index contributed by atoms with van der Waals surface area (Å²) in [6.45, 7) is 0.603. The average Bonchev–Trinajstić information content (AvgIpc) is 3.58. The Hall–Kier alpha value is -3.02. The molecule has 0 spiro atoms. The Morgan fingerprint density at radius 1 is 1.19 bits per heavy atom. The minimum Gasteiger partial charge on any atom is -0.484 e. The van der Waals surface area contributed by atoms with E-state index in [0.29, 0.717) is 34.3 Å². The molecule has 9 heteroatoms. The number of carbonyl (C=O) groups excluding carboxylic acids is 1. The van der Waals surface area contributed by atoms with E-state index >= 15 is 0 Å². The molecule has 0 N–H and O–H groups in total. The molecule has 0 radical (unpaired) electrons. The lowest BCUT2D eigenvalue weighted by atomic mass is 10.2. The standard InChI is InChI=1S/C23H22ClN5O2S/c24-19-9-4-5-10-20(19)31-15-21-26-27-23(29(21)18-11-12-18)32-16-22(30)28(14-6-13-25)17-7-2-1-3-8-17/h1-5,7-10,18H,6,11-12,14-16H2. The maximum atomic E-state index is 13.0. The van der Waals surface area contributed by atoms with Crippen molar-refractivity contribution in [3.63, 3.8) is 0 Å². The van der Waals surface area contributed by atoms with Crippen LogP contribution in [-0.4, -0.2) is 33.0 Å². The number of ether oxygens (including phenoxy) is 1. The van der Waals surface area contributed by atoms with Crippen molar-refractivity contribution < 1.29 is 9.53 Å². The van der Waals surface area contributed by atoms with Crippen molar-refractivity contribution in [1.29, 1.82) is 5.26 Å². The summed E-state index contributed by atoms with van der Waals surface area (Å²) in [5.41, 5.74) is 0.783. The normalized spacial score (nSPS) is 12.9. The second-order valence-electron chi connectivity index (χ2n) is 7.30. The number of benzene rings is 2. The van der Waals surface area contributed by atoms with E-state index in [0.717, 1.165) is 18.5 Å². The van der Waals surface area contributed by atoms with Gasteiger partial charge in [0.25, 0.3) is 0 Å². The minimum absolute atomic E-state index is 0.0735. The molecule has 0 unspecified atom stereocenters. The van der Waals surface area contributed by atoms with Gasteiger partial charge in [-0.15, -0.1) is 10.2 Å². The van der Waals surface area contributed by atoms with Crippen LogP contribution < -0.4 is 9.64 Å². The fourth-order valence-electron chi connectivity index (χ4n) is 3.28. The number of anilines is 1. The average molecular weight is 468 g/mol. The summed E-state index contributed by atoms with van der Waals surface area (Å²) in [6.07, 6.45) is 2.38. The number of thioether (sulfide) groups is 1. The fraction of sp³-hybridized carbons (Fsp3) is 0.304. The second kappa shape index (κ2) is 10.5. The Bertz CT molecular complexity index is 1110. The predicted octanol–water partition coefficient (Wildman–Crippen LogP) is 4.88. The Labute approximate surface area is 196 Å². The highest BCUT2D eigenvalue weighted by atomic mass is 35.5. The summed E-state index contributed by atoms with van der Waals surface area (Å²) < 4.78 is 7.92. The van der Waals surface area contributed by atoms with Gasteiger partial charge in [0, 0.05) is 18.3 Å². The molecule has 7 nitrogen and oxygen atoms in total. The quantitative estimate of drug-likeness (QED) is 0.395. The van der Waals surface area contributed by atoms with E-state index in [1.807, 2.05) is 48.5 Å². The highest BCUT2D eigenvalue weighted by Crippen LogP contribution is 2.39. The molecule has 1 aromatic heterocycles. The maximum Gasteiger partial charge on any atom is 0.237 e. The molecule has 1 saturated carbocycles. The summed E-state index contributed by atoms with van der Waals surface area (Å²) in [4.78, 5) is 14.6. The van der Waals surface area contributed by atoms with Gasteiger partial charge in [-0.25, -0.2) is 0 Å². The molecule has 0 saturated heterocycles. The van der Waals surface area contributed by atoms with E-state index in [1.165, 1.54) is 11.8 Å². The number of halogens is 1. The van der Waals surface area contributed by atoms with Gasteiger partial charge in [0.1, 0.15) is 12.4 Å². The molecule has 32 heavy (non-hydrogen) atoms. The van der Waals surface area contributed by atoms with E-state index < -0.39 is 0 Å². The highest BCUT2D eigenvalue weighted by Gasteiger charge is 2.30. The lowest BCUT2D eigenvalue weighted by molar-refractivity contribution is -0.116. The number of hydrogen-bond donors (Lipinski definition) is 0. The summed E-state index contributed by atoms with van der Waals surface area (Å²) in [7, 11) is 0. The van der Waals surface area contributed by atoms with Crippen LogP contribution in [0.2, 0.25) is 5.02 Å². The van der Waals surface area contributed by atoms with E-state index in [-0.39, 0.29) is 24.7 Å². The molecule has 4 rings (SSSR count). The number of amides is 1. The van der Waals surface area contributed by atoms with Gasteiger partial charge in [0.15, 0.2) is 11.0 Å². The zero-order valence-corrected chi connectivity index (χ0v) is 18.9. The monoisotopic (exact) mass is 467 g/mol. The Balaban J connectivity index is 1.44. The number of nitrogens with zero attached hydrogens (tertiary/aromatic N) is 5. The number of nitriles is 1. The van der Waals surface area contributed by atoms with Gasteiger partial charge in [-0.1, -0.05) is 53.7 Å². The van der Waals surface area contributed by atoms with Crippen LogP contribution in [0, 0.1) is 11.3 Å². The minimum atomic E-state index is -0.0735. The Morgan fingerprint density at radius 2 is 1.94 bits per heavy atom. The van der Waals surface area contributed by atoms with Crippen molar-refractivity contribution in [3.05, 3.63) is 65.4 Å². The summed E-state index contributed by atoms with van der Waals surface area (Å²) in [5.74, 6) is 1.44. The topological polar surface area (TPSA) is 84.0 Å². The maximum absolute atomic E-state index is 13.0. The van der Waals surface area contributed by atoms with E-state index in [9.17, 15) is 4.79 Å². The molecule has 1 amide bonds. The summed E-state index contributed by atoms with van der Waals surface area (Å²) >= 11 is 7.54. The van der Waals surface area contributed by atoms with Crippen molar-refractivity contribution in [3.8, 4) is 11.8 Å². The molecule has 3 aromatic rings. The van der Waals surface area contributed by atoms with Crippen LogP contribution in [0.15, 0.2) is 59.8 Å². The van der Waals surface area contributed by atoms with Crippen LogP contribution >= 0.6 is 23.4 Å². The smallest absolute Gasteiger partial charge is 0.237 e. The highest BCUT2D eigenvalue weighted by molar-refractivity contribution is 7.99. The van der Waals surface area contributed by atoms with Gasteiger partial charge in [-0.2, -0.15) is 5.26 Å². The first-order chi connectivity index (χ1) is 15.7.